The Bertz CT molecular complexity index is 955. The zero-order valence-corrected chi connectivity index (χ0v) is 19.2. The maximum absolute atomic E-state index is 13.7. The first kappa shape index (κ1) is 24.1. The third kappa shape index (κ3) is 5.22. The molecule has 3 amide bonds. The first-order valence-electron chi connectivity index (χ1n) is 11.6. The number of carbonyl (C=O) groups excluding carboxylic acids is 3. The van der Waals surface area contributed by atoms with Crippen LogP contribution in [0.2, 0.25) is 0 Å². The fourth-order valence-electron chi connectivity index (χ4n) is 4.84. The van der Waals surface area contributed by atoms with Crippen LogP contribution in [0.25, 0.3) is 0 Å². The van der Waals surface area contributed by atoms with Gasteiger partial charge in [0.1, 0.15) is 11.6 Å². The molecule has 184 valence electrons. The lowest BCUT2D eigenvalue weighted by molar-refractivity contribution is -0.126. The largest absolute Gasteiger partial charge is 0.352 e. The van der Waals surface area contributed by atoms with Crippen molar-refractivity contribution in [2.24, 2.45) is 0 Å². The number of hydrogen-bond acceptors (Lipinski definition) is 6. The lowest BCUT2D eigenvalue weighted by atomic mass is 9.86. The number of halogens is 2. The van der Waals surface area contributed by atoms with Crippen LogP contribution in [0, 0.1) is 11.3 Å². The van der Waals surface area contributed by atoms with E-state index >= 15 is 0 Å². The third-order valence-corrected chi connectivity index (χ3v) is 7.05. The maximum Gasteiger partial charge on any atom is 0.318 e. The Hall–Kier alpha value is -3.00. The van der Waals surface area contributed by atoms with Gasteiger partial charge in [0, 0.05) is 38.2 Å². The molecule has 1 saturated carbocycles. The normalized spacial score (nSPS) is 23.8. The summed E-state index contributed by atoms with van der Waals surface area (Å²) >= 11 is 0. The molecule has 3 fully saturated rings. The van der Waals surface area contributed by atoms with E-state index in [4.69, 9.17) is 0 Å². The standard InChI is InChI=1S/C23H30F2N6O3/c1-21(24,25)12-18(19(33)29-22(13-26)6-7-22)28-20(34)30-10-8-23(9-11-30)14-27-15-31(23)16-2-4-17(32)5-3-16/h2-4,18,27H,5-12,14-15H2,1H3,(H,28,34)(H,29,33)/t18-/m0/s1. The molecule has 0 aromatic heterocycles. The van der Waals surface area contributed by atoms with Gasteiger partial charge < -0.3 is 20.4 Å². The average Bonchev–Trinajstić information content (AvgIpc) is 3.45. The summed E-state index contributed by atoms with van der Waals surface area (Å²) in [4.78, 5) is 40.8. The van der Waals surface area contributed by atoms with Gasteiger partial charge in [0.25, 0.3) is 0 Å². The van der Waals surface area contributed by atoms with Crippen LogP contribution < -0.4 is 16.0 Å². The van der Waals surface area contributed by atoms with E-state index in [1.807, 2.05) is 18.2 Å². The molecule has 2 aliphatic heterocycles. The third-order valence-electron chi connectivity index (χ3n) is 7.05. The highest BCUT2D eigenvalue weighted by Gasteiger charge is 2.47. The molecule has 2 aliphatic carbocycles. The fraction of sp³-hybridized carbons (Fsp3) is 0.652. The molecule has 1 atom stereocenters. The summed E-state index contributed by atoms with van der Waals surface area (Å²) in [6, 6.07) is -0.00681. The summed E-state index contributed by atoms with van der Waals surface area (Å²) < 4.78 is 27.5. The van der Waals surface area contributed by atoms with Crippen LogP contribution in [0.1, 0.15) is 45.4 Å². The number of likely N-dealkylation sites (tertiary alicyclic amines) is 1. The highest BCUT2D eigenvalue weighted by molar-refractivity contribution is 5.92. The van der Waals surface area contributed by atoms with E-state index < -0.39 is 35.9 Å². The number of carbonyl (C=O) groups is 3. The predicted octanol–water partition coefficient (Wildman–Crippen LogP) is 1.39. The zero-order chi connectivity index (χ0) is 24.6. The quantitative estimate of drug-likeness (QED) is 0.533. The van der Waals surface area contributed by atoms with Gasteiger partial charge in [-0.2, -0.15) is 5.26 Å². The molecule has 0 aromatic carbocycles. The molecule has 3 N–H and O–H groups in total. The summed E-state index contributed by atoms with van der Waals surface area (Å²) in [5.74, 6) is -3.86. The second-order valence-corrected chi connectivity index (χ2v) is 9.82. The van der Waals surface area contributed by atoms with Crippen LogP contribution in [0.4, 0.5) is 13.6 Å². The molecule has 34 heavy (non-hydrogen) atoms. The van der Waals surface area contributed by atoms with Gasteiger partial charge in [0.05, 0.1) is 18.3 Å². The number of hydrogen-bond donors (Lipinski definition) is 3. The monoisotopic (exact) mass is 476 g/mol. The Morgan fingerprint density at radius 3 is 2.53 bits per heavy atom. The molecule has 1 spiro atoms. The Labute approximate surface area is 197 Å². The van der Waals surface area contributed by atoms with Crippen molar-refractivity contribution in [1.29, 1.82) is 5.26 Å². The minimum absolute atomic E-state index is 0.0649. The molecule has 4 aliphatic rings. The van der Waals surface area contributed by atoms with Gasteiger partial charge in [0.2, 0.25) is 11.8 Å². The smallest absolute Gasteiger partial charge is 0.318 e. The number of urea groups is 1. The van der Waals surface area contributed by atoms with Crippen molar-refractivity contribution in [3.63, 3.8) is 0 Å². The van der Waals surface area contributed by atoms with Gasteiger partial charge in [-0.1, -0.05) is 6.08 Å². The minimum atomic E-state index is -3.16. The van der Waals surface area contributed by atoms with E-state index in [-0.39, 0.29) is 11.3 Å². The Morgan fingerprint density at radius 2 is 1.97 bits per heavy atom. The van der Waals surface area contributed by atoms with Gasteiger partial charge >= 0.3 is 6.03 Å². The van der Waals surface area contributed by atoms with E-state index in [0.29, 0.717) is 58.8 Å². The number of nitriles is 1. The van der Waals surface area contributed by atoms with Gasteiger partial charge in [-0.25, -0.2) is 13.6 Å². The molecule has 11 heteroatoms. The van der Waals surface area contributed by atoms with Crippen molar-refractivity contribution in [2.75, 3.05) is 26.3 Å². The minimum Gasteiger partial charge on any atom is -0.352 e. The molecule has 4 rings (SSSR count). The second-order valence-electron chi connectivity index (χ2n) is 9.82. The molecule has 0 bridgehead atoms. The summed E-state index contributed by atoms with van der Waals surface area (Å²) in [7, 11) is 0. The Morgan fingerprint density at radius 1 is 1.26 bits per heavy atom. The summed E-state index contributed by atoms with van der Waals surface area (Å²) in [5, 5.41) is 17.6. The number of alkyl halides is 2. The highest BCUT2D eigenvalue weighted by atomic mass is 19.3. The van der Waals surface area contributed by atoms with Crippen LogP contribution in [0.3, 0.4) is 0 Å². The van der Waals surface area contributed by atoms with Crippen LogP contribution in [0.5, 0.6) is 0 Å². The maximum atomic E-state index is 13.7. The number of piperidine rings is 1. The molecular weight excluding hydrogens is 446 g/mol. The molecule has 0 unspecified atom stereocenters. The van der Waals surface area contributed by atoms with E-state index in [0.717, 1.165) is 12.2 Å². The Balaban J connectivity index is 1.37. The molecular formula is C23H30F2N6O3. The van der Waals surface area contributed by atoms with Crippen molar-refractivity contribution in [2.45, 2.75) is 68.5 Å². The number of allylic oxidation sites excluding steroid dienone is 3. The SMILES string of the molecule is CC(F)(F)C[C@H](NC(=O)N1CCC2(CC1)CNCN2C1=CCC(=O)C=C1)C(=O)NC1(C#N)CC1. The van der Waals surface area contributed by atoms with E-state index in [1.165, 1.54) is 0 Å². The molecule has 0 radical (unpaired) electrons. The van der Waals surface area contributed by atoms with E-state index in [9.17, 15) is 28.4 Å². The second kappa shape index (κ2) is 8.98. The first-order valence-corrected chi connectivity index (χ1v) is 11.6. The van der Waals surface area contributed by atoms with Crippen molar-refractivity contribution >= 4 is 17.7 Å². The first-order chi connectivity index (χ1) is 16.0. The lowest BCUT2D eigenvalue weighted by Gasteiger charge is -2.46. The fourth-order valence-corrected chi connectivity index (χ4v) is 4.84. The van der Waals surface area contributed by atoms with Crippen molar-refractivity contribution in [3.05, 3.63) is 23.9 Å². The number of amides is 3. The van der Waals surface area contributed by atoms with Crippen molar-refractivity contribution in [3.8, 4) is 6.07 Å². The van der Waals surface area contributed by atoms with Gasteiger partial charge in [-0.15, -0.1) is 0 Å². The predicted molar refractivity (Wildman–Crippen MR) is 118 cm³/mol. The topological polar surface area (TPSA) is 118 Å². The summed E-state index contributed by atoms with van der Waals surface area (Å²) in [6.07, 6.45) is 7.09. The van der Waals surface area contributed by atoms with Crippen LogP contribution in [-0.2, 0) is 9.59 Å². The number of nitrogens with zero attached hydrogens (tertiary/aromatic N) is 3. The zero-order valence-electron chi connectivity index (χ0n) is 19.2. The van der Waals surface area contributed by atoms with Gasteiger partial charge in [0.15, 0.2) is 5.78 Å². The molecule has 2 saturated heterocycles. The lowest BCUT2D eigenvalue weighted by Crippen LogP contribution is -2.59. The Kier molecular flexibility index (Phi) is 6.38. The van der Waals surface area contributed by atoms with Crippen LogP contribution >= 0.6 is 0 Å². The van der Waals surface area contributed by atoms with Gasteiger partial charge in [-0.3, -0.25) is 14.9 Å². The van der Waals surface area contributed by atoms with Crippen LogP contribution in [-0.4, -0.2) is 76.9 Å². The molecule has 0 aromatic rings. The van der Waals surface area contributed by atoms with Gasteiger partial charge in [-0.05, 0) is 44.8 Å². The molecule has 2 heterocycles. The summed E-state index contributed by atoms with van der Waals surface area (Å²) in [5.41, 5.74) is -0.228. The van der Waals surface area contributed by atoms with Crippen molar-refractivity contribution < 1.29 is 23.2 Å². The number of nitrogens with one attached hydrogen (secondary N) is 3. The van der Waals surface area contributed by atoms with Crippen molar-refractivity contribution in [1.82, 2.24) is 25.8 Å². The molecule has 9 nitrogen and oxygen atoms in total. The van der Waals surface area contributed by atoms with E-state index in [1.54, 1.807) is 11.0 Å². The van der Waals surface area contributed by atoms with E-state index in [2.05, 4.69) is 20.9 Å². The number of ketones is 1. The number of rotatable bonds is 6. The van der Waals surface area contributed by atoms with Crippen LogP contribution in [0.15, 0.2) is 23.9 Å². The summed E-state index contributed by atoms with van der Waals surface area (Å²) in [6.45, 7) is 2.89. The highest BCUT2D eigenvalue weighted by Crippen LogP contribution is 2.36. The average molecular weight is 477 g/mol.